The summed E-state index contributed by atoms with van der Waals surface area (Å²) in [6.07, 6.45) is 0. The molecule has 0 saturated carbocycles. The molecule has 0 amide bonds. The van der Waals surface area contributed by atoms with Gasteiger partial charge in [-0.1, -0.05) is 0 Å². The van der Waals surface area contributed by atoms with Crippen molar-refractivity contribution < 1.29 is 19.7 Å². The van der Waals surface area contributed by atoms with E-state index in [4.69, 9.17) is 16.3 Å². The Hall–Kier alpha value is -2.14. The first kappa shape index (κ1) is 14.3. The molecule has 0 fully saturated rings. The first-order chi connectivity index (χ1) is 9.58. The predicted molar refractivity (Wildman–Crippen MR) is 74.6 cm³/mol. The molecule has 0 unspecified atom stereocenters. The largest absolute Gasteiger partial charge is 0.494 e. The normalized spacial score (nSPS) is 10.5. The van der Waals surface area contributed by atoms with Gasteiger partial charge in [-0.2, -0.15) is 0 Å². The number of halogens is 1. The molecule has 0 aliphatic heterocycles. The maximum atomic E-state index is 11.5. The van der Waals surface area contributed by atoms with E-state index in [1.165, 1.54) is 10.6 Å². The van der Waals surface area contributed by atoms with Gasteiger partial charge in [-0.25, -0.2) is 4.79 Å². The zero-order valence-corrected chi connectivity index (χ0v) is 11.6. The molecule has 1 aromatic carbocycles. The van der Waals surface area contributed by atoms with E-state index in [2.05, 4.69) is 0 Å². The summed E-state index contributed by atoms with van der Waals surface area (Å²) in [6.45, 7) is 2.04. The monoisotopic (exact) mass is 295 g/mol. The highest BCUT2D eigenvalue weighted by atomic mass is 35.5. The highest BCUT2D eigenvalue weighted by Gasteiger charge is 2.15. The lowest BCUT2D eigenvalue weighted by Gasteiger charge is -2.08. The maximum Gasteiger partial charge on any atom is 0.338 e. The van der Waals surface area contributed by atoms with Crippen molar-refractivity contribution in [3.05, 3.63) is 41.5 Å². The molecule has 0 radical (unpaired) electrons. The molecule has 0 bridgehead atoms. The number of aromatic hydroxyl groups is 2. The second kappa shape index (κ2) is 5.88. The minimum Gasteiger partial charge on any atom is -0.494 e. The van der Waals surface area contributed by atoms with Gasteiger partial charge in [-0.05, 0) is 31.2 Å². The minimum atomic E-state index is -0.415. The number of alkyl halides is 1. The molecule has 2 N–H and O–H groups in total. The summed E-state index contributed by atoms with van der Waals surface area (Å²) in [4.78, 5) is 11.5. The zero-order valence-electron chi connectivity index (χ0n) is 10.8. The number of rotatable bonds is 4. The Morgan fingerprint density at radius 3 is 2.45 bits per heavy atom. The van der Waals surface area contributed by atoms with Crippen LogP contribution in [0.25, 0.3) is 5.69 Å². The van der Waals surface area contributed by atoms with Crippen LogP contribution in [0.2, 0.25) is 0 Å². The summed E-state index contributed by atoms with van der Waals surface area (Å²) in [6, 6.07) is 7.72. The van der Waals surface area contributed by atoms with Crippen molar-refractivity contribution in [1.29, 1.82) is 0 Å². The van der Waals surface area contributed by atoms with Crippen molar-refractivity contribution in [3.63, 3.8) is 0 Å². The summed E-state index contributed by atoms with van der Waals surface area (Å²) in [7, 11) is 0. The fourth-order valence-corrected chi connectivity index (χ4v) is 2.05. The van der Waals surface area contributed by atoms with Crippen LogP contribution in [-0.4, -0.2) is 27.4 Å². The van der Waals surface area contributed by atoms with Gasteiger partial charge in [0, 0.05) is 11.6 Å². The lowest BCUT2D eigenvalue weighted by Crippen LogP contribution is -2.04. The Labute approximate surface area is 121 Å². The fraction of sp³-hybridized carbons (Fsp3) is 0.214. The van der Waals surface area contributed by atoms with E-state index in [1.54, 1.807) is 31.2 Å². The van der Waals surface area contributed by atoms with Gasteiger partial charge in [0.05, 0.1) is 23.7 Å². The smallest absolute Gasteiger partial charge is 0.338 e. The number of hydrogen-bond acceptors (Lipinski definition) is 4. The lowest BCUT2D eigenvalue weighted by atomic mass is 10.2. The molecular formula is C14H14ClNO4. The van der Waals surface area contributed by atoms with E-state index in [-0.39, 0.29) is 17.6 Å². The number of benzene rings is 1. The molecule has 6 heteroatoms. The van der Waals surface area contributed by atoms with Crippen molar-refractivity contribution in [2.45, 2.75) is 12.8 Å². The Bertz CT molecular complexity index is 619. The number of carbonyl (C=O) groups excluding carboxylic acids is 1. The van der Waals surface area contributed by atoms with Crippen molar-refractivity contribution in [3.8, 4) is 17.4 Å². The third kappa shape index (κ3) is 2.58. The van der Waals surface area contributed by atoms with Gasteiger partial charge < -0.3 is 14.9 Å². The standard InChI is InChI=1S/C14H14ClNO4/c1-2-20-14(19)9-3-5-11(6-4-9)16-12(17)7-10(8-15)13(16)18/h3-7,17-18H,2,8H2,1H3. The molecule has 0 saturated heterocycles. The van der Waals surface area contributed by atoms with Crippen LogP contribution in [0.15, 0.2) is 30.3 Å². The summed E-state index contributed by atoms with van der Waals surface area (Å²) >= 11 is 5.66. The number of nitrogens with zero attached hydrogens (tertiary/aromatic N) is 1. The van der Waals surface area contributed by atoms with Crippen LogP contribution < -0.4 is 0 Å². The van der Waals surface area contributed by atoms with Gasteiger partial charge in [-0.3, -0.25) is 4.57 Å². The molecule has 0 aliphatic rings. The molecule has 2 aromatic rings. The molecule has 0 atom stereocenters. The molecule has 0 aliphatic carbocycles. The van der Waals surface area contributed by atoms with Crippen molar-refractivity contribution in [1.82, 2.24) is 4.57 Å². The summed E-state index contributed by atoms with van der Waals surface area (Å²) < 4.78 is 6.12. The summed E-state index contributed by atoms with van der Waals surface area (Å²) in [5.41, 5.74) is 1.35. The second-order valence-corrected chi connectivity index (χ2v) is 4.36. The van der Waals surface area contributed by atoms with Crippen LogP contribution in [0.4, 0.5) is 0 Å². The Morgan fingerprint density at radius 2 is 1.95 bits per heavy atom. The number of hydrogen-bond donors (Lipinski definition) is 2. The third-order valence-electron chi connectivity index (χ3n) is 2.81. The first-order valence-electron chi connectivity index (χ1n) is 6.04. The van der Waals surface area contributed by atoms with E-state index in [1.807, 2.05) is 0 Å². The molecular weight excluding hydrogens is 282 g/mol. The lowest BCUT2D eigenvalue weighted by molar-refractivity contribution is 0.0526. The fourth-order valence-electron chi connectivity index (χ4n) is 1.85. The van der Waals surface area contributed by atoms with E-state index in [0.717, 1.165) is 0 Å². The average Bonchev–Trinajstić information content (AvgIpc) is 2.74. The molecule has 1 heterocycles. The molecule has 20 heavy (non-hydrogen) atoms. The second-order valence-electron chi connectivity index (χ2n) is 4.09. The van der Waals surface area contributed by atoms with Crippen LogP contribution in [-0.2, 0) is 10.6 Å². The highest BCUT2D eigenvalue weighted by Crippen LogP contribution is 2.32. The Kier molecular flexibility index (Phi) is 4.20. The number of esters is 1. The maximum absolute atomic E-state index is 11.5. The average molecular weight is 296 g/mol. The van der Waals surface area contributed by atoms with Gasteiger partial charge in [0.25, 0.3) is 0 Å². The molecule has 0 spiro atoms. The SMILES string of the molecule is CCOC(=O)c1ccc(-n2c(O)cc(CCl)c2O)cc1. The molecule has 2 rings (SSSR count). The van der Waals surface area contributed by atoms with Gasteiger partial charge in [0.1, 0.15) is 0 Å². The van der Waals surface area contributed by atoms with Crippen molar-refractivity contribution in [2.75, 3.05) is 6.61 Å². The summed E-state index contributed by atoms with van der Waals surface area (Å²) in [5.74, 6) is -0.572. The Morgan fingerprint density at radius 1 is 1.30 bits per heavy atom. The van der Waals surface area contributed by atoms with Crippen LogP contribution in [0.1, 0.15) is 22.8 Å². The van der Waals surface area contributed by atoms with Gasteiger partial charge >= 0.3 is 5.97 Å². The van der Waals surface area contributed by atoms with Crippen molar-refractivity contribution in [2.24, 2.45) is 0 Å². The predicted octanol–water partition coefficient (Wildman–Crippen LogP) is 2.80. The third-order valence-corrected chi connectivity index (χ3v) is 3.10. The van der Waals surface area contributed by atoms with Crippen LogP contribution >= 0.6 is 11.6 Å². The van der Waals surface area contributed by atoms with Gasteiger partial charge in [0.15, 0.2) is 5.88 Å². The van der Waals surface area contributed by atoms with Crippen molar-refractivity contribution >= 4 is 17.6 Å². The van der Waals surface area contributed by atoms with E-state index < -0.39 is 5.97 Å². The van der Waals surface area contributed by atoms with Crippen LogP contribution in [0, 0.1) is 0 Å². The van der Waals surface area contributed by atoms with Gasteiger partial charge in [-0.15, -0.1) is 11.6 Å². The molecule has 5 nitrogen and oxygen atoms in total. The van der Waals surface area contributed by atoms with E-state index >= 15 is 0 Å². The highest BCUT2D eigenvalue weighted by molar-refractivity contribution is 6.17. The first-order valence-corrected chi connectivity index (χ1v) is 6.58. The van der Waals surface area contributed by atoms with E-state index in [9.17, 15) is 15.0 Å². The quantitative estimate of drug-likeness (QED) is 0.672. The molecule has 1 aromatic heterocycles. The number of ether oxygens (including phenoxy) is 1. The molecule has 106 valence electrons. The number of carbonyl (C=O) groups is 1. The van der Waals surface area contributed by atoms with E-state index in [0.29, 0.717) is 23.4 Å². The topological polar surface area (TPSA) is 71.7 Å². The minimum absolute atomic E-state index is 0.0906. The Balaban J connectivity index is 2.35. The van der Waals surface area contributed by atoms with Crippen LogP contribution in [0.5, 0.6) is 11.8 Å². The zero-order chi connectivity index (χ0) is 14.7. The number of aromatic nitrogens is 1. The summed E-state index contributed by atoms with van der Waals surface area (Å²) in [5, 5.41) is 19.8. The van der Waals surface area contributed by atoms with Crippen LogP contribution in [0.3, 0.4) is 0 Å². The van der Waals surface area contributed by atoms with Gasteiger partial charge in [0.2, 0.25) is 5.88 Å².